The molecule has 3 heterocycles. The molecule has 7 nitrogen and oxygen atoms in total. The predicted octanol–water partition coefficient (Wildman–Crippen LogP) is 3.03. The van der Waals surface area contributed by atoms with Crippen LogP contribution in [0.15, 0.2) is 24.4 Å². The second-order valence-electron chi connectivity index (χ2n) is 9.92. The number of aryl methyl sites for hydroxylation is 2. The van der Waals surface area contributed by atoms with Crippen molar-refractivity contribution < 1.29 is 9.59 Å². The summed E-state index contributed by atoms with van der Waals surface area (Å²) in [6.45, 7) is 12.2. The van der Waals surface area contributed by atoms with Crippen LogP contribution >= 0.6 is 0 Å². The second-order valence-corrected chi connectivity index (χ2v) is 9.92. The van der Waals surface area contributed by atoms with Gasteiger partial charge in [0.1, 0.15) is 0 Å². The number of rotatable bonds is 6. The summed E-state index contributed by atoms with van der Waals surface area (Å²) in [5.41, 5.74) is 5.77. The number of carbonyl (C=O) groups excluding carboxylic acids is 2. The van der Waals surface area contributed by atoms with Gasteiger partial charge in [0.15, 0.2) is 0 Å². The molecule has 0 bridgehead atoms. The number of hydrogen-bond donors (Lipinski definition) is 2. The number of carbonyl (C=O) groups is 2. The van der Waals surface area contributed by atoms with Gasteiger partial charge in [0.25, 0.3) is 0 Å². The van der Waals surface area contributed by atoms with E-state index in [4.69, 9.17) is 0 Å². The van der Waals surface area contributed by atoms with Crippen molar-refractivity contribution in [3.05, 3.63) is 41.1 Å². The van der Waals surface area contributed by atoms with Crippen LogP contribution < -0.4 is 5.32 Å². The molecular formula is C25H35N5O2. The quantitative estimate of drug-likeness (QED) is 0.728. The molecule has 0 aliphatic carbocycles. The van der Waals surface area contributed by atoms with E-state index in [1.54, 1.807) is 6.92 Å². The van der Waals surface area contributed by atoms with Crippen LogP contribution in [0.4, 0.5) is 0 Å². The van der Waals surface area contributed by atoms with Gasteiger partial charge >= 0.3 is 0 Å². The molecule has 2 N–H and O–H groups in total. The maximum absolute atomic E-state index is 13.5. The number of amides is 2. The van der Waals surface area contributed by atoms with Crippen molar-refractivity contribution in [2.45, 2.75) is 72.1 Å². The van der Waals surface area contributed by atoms with Gasteiger partial charge in [-0.1, -0.05) is 26.0 Å². The lowest BCUT2D eigenvalue weighted by molar-refractivity contribution is -0.145. The van der Waals surface area contributed by atoms with Crippen molar-refractivity contribution in [3.8, 4) is 11.3 Å². The summed E-state index contributed by atoms with van der Waals surface area (Å²) in [6.07, 6.45) is 3.53. The highest BCUT2D eigenvalue weighted by Crippen LogP contribution is 2.32. The molecule has 2 amide bonds. The van der Waals surface area contributed by atoms with Gasteiger partial charge in [-0.25, -0.2) is 0 Å². The molecule has 0 unspecified atom stereocenters. The van der Waals surface area contributed by atoms with E-state index in [1.807, 2.05) is 11.1 Å². The van der Waals surface area contributed by atoms with E-state index in [0.717, 1.165) is 36.2 Å². The van der Waals surface area contributed by atoms with Crippen LogP contribution in [0.3, 0.4) is 0 Å². The summed E-state index contributed by atoms with van der Waals surface area (Å²) in [7, 11) is 0. The fraction of sp³-hybridized carbons (Fsp3) is 0.560. The Morgan fingerprint density at radius 1 is 1.25 bits per heavy atom. The first kappa shape index (κ1) is 22.5. The maximum Gasteiger partial charge on any atom is 0.240 e. The summed E-state index contributed by atoms with van der Waals surface area (Å²) < 4.78 is 0. The zero-order valence-electron chi connectivity index (χ0n) is 19.8. The zero-order chi connectivity index (χ0) is 23.0. The molecule has 0 spiro atoms. The SMILES string of the molecule is CC(=O)N[C@H]1C[C@H]2CN(Cc3cn[nH]c3-c3ccc(C)c(C)c3)[C@@H](CC(C)C)C(=O)N2C1. The van der Waals surface area contributed by atoms with Crippen LogP contribution in [0.2, 0.25) is 0 Å². The van der Waals surface area contributed by atoms with E-state index in [9.17, 15) is 9.59 Å². The number of aromatic amines is 1. The Labute approximate surface area is 190 Å². The average molecular weight is 438 g/mol. The van der Waals surface area contributed by atoms with E-state index in [2.05, 4.69) is 66.3 Å². The number of fused-ring (bicyclic) bond motifs is 1. The van der Waals surface area contributed by atoms with Crippen molar-refractivity contribution in [3.63, 3.8) is 0 Å². The highest BCUT2D eigenvalue weighted by atomic mass is 16.2. The van der Waals surface area contributed by atoms with Gasteiger partial charge < -0.3 is 10.2 Å². The van der Waals surface area contributed by atoms with Crippen molar-refractivity contribution >= 4 is 11.8 Å². The number of nitrogens with zero attached hydrogens (tertiary/aromatic N) is 3. The molecule has 1 aromatic carbocycles. The molecule has 2 aliphatic heterocycles. The van der Waals surface area contributed by atoms with Gasteiger partial charge in [0, 0.05) is 49.8 Å². The Morgan fingerprint density at radius 3 is 2.72 bits per heavy atom. The Bertz CT molecular complexity index is 998. The number of aromatic nitrogens is 2. The third-order valence-corrected chi connectivity index (χ3v) is 6.86. The van der Waals surface area contributed by atoms with Gasteiger partial charge in [-0.05, 0) is 49.8 Å². The van der Waals surface area contributed by atoms with Gasteiger partial charge in [-0.2, -0.15) is 5.10 Å². The largest absolute Gasteiger partial charge is 0.352 e. The molecule has 1 aromatic heterocycles. The monoisotopic (exact) mass is 437 g/mol. The van der Waals surface area contributed by atoms with Crippen LogP contribution in [0.1, 0.15) is 50.3 Å². The van der Waals surface area contributed by atoms with Crippen LogP contribution in [0.5, 0.6) is 0 Å². The summed E-state index contributed by atoms with van der Waals surface area (Å²) >= 11 is 0. The first-order valence-electron chi connectivity index (χ1n) is 11.6. The van der Waals surface area contributed by atoms with E-state index in [-0.39, 0.29) is 29.9 Å². The number of H-pyrrole nitrogens is 1. The molecule has 32 heavy (non-hydrogen) atoms. The van der Waals surface area contributed by atoms with Gasteiger partial charge in [-0.3, -0.25) is 19.6 Å². The Kier molecular flexibility index (Phi) is 6.38. The van der Waals surface area contributed by atoms with Crippen molar-refractivity contribution in [2.75, 3.05) is 13.1 Å². The summed E-state index contributed by atoms with van der Waals surface area (Å²) in [5.74, 6) is 0.577. The molecular weight excluding hydrogens is 402 g/mol. The van der Waals surface area contributed by atoms with Crippen molar-refractivity contribution in [1.29, 1.82) is 0 Å². The van der Waals surface area contributed by atoms with Gasteiger partial charge in [-0.15, -0.1) is 0 Å². The average Bonchev–Trinajstić information content (AvgIpc) is 3.33. The van der Waals surface area contributed by atoms with Crippen LogP contribution in [0.25, 0.3) is 11.3 Å². The number of hydrogen-bond acceptors (Lipinski definition) is 4. The lowest BCUT2D eigenvalue weighted by atomic mass is 9.96. The molecule has 172 valence electrons. The molecule has 3 atom stereocenters. The van der Waals surface area contributed by atoms with Crippen LogP contribution in [-0.2, 0) is 16.1 Å². The molecule has 0 saturated carbocycles. The molecule has 2 aliphatic rings. The van der Waals surface area contributed by atoms with Gasteiger partial charge in [0.2, 0.25) is 11.8 Å². The standard InChI is InChI=1S/C25H35N5O2/c1-15(2)8-23-25(32)30-13-21(27-18(5)31)10-22(30)14-29(23)12-20-11-26-28-24(20)19-7-6-16(3)17(4)9-19/h6-7,9,11,15,21-23H,8,10,12-14H2,1-5H3,(H,26,28)(H,27,31)/t21-,22-,23-/m0/s1. The van der Waals surface area contributed by atoms with Crippen LogP contribution in [0, 0.1) is 19.8 Å². The zero-order valence-corrected chi connectivity index (χ0v) is 19.8. The topological polar surface area (TPSA) is 81.3 Å². The predicted molar refractivity (Wildman–Crippen MR) is 125 cm³/mol. The number of benzene rings is 1. The summed E-state index contributed by atoms with van der Waals surface area (Å²) in [6, 6.07) is 6.49. The normalized spacial score (nSPS) is 23.6. The molecule has 2 saturated heterocycles. The molecule has 2 fully saturated rings. The van der Waals surface area contributed by atoms with Crippen LogP contribution in [-0.4, -0.2) is 63.0 Å². The second kappa shape index (κ2) is 9.06. The number of piperazine rings is 1. The Balaban J connectivity index is 1.58. The first-order chi connectivity index (χ1) is 15.2. The van der Waals surface area contributed by atoms with E-state index in [1.165, 1.54) is 11.1 Å². The molecule has 2 aromatic rings. The minimum Gasteiger partial charge on any atom is -0.352 e. The molecule has 4 rings (SSSR count). The highest BCUT2D eigenvalue weighted by Gasteiger charge is 2.45. The lowest BCUT2D eigenvalue weighted by Crippen LogP contribution is -2.59. The number of nitrogens with one attached hydrogen (secondary N) is 2. The van der Waals surface area contributed by atoms with Crippen molar-refractivity contribution in [2.24, 2.45) is 5.92 Å². The Morgan fingerprint density at radius 2 is 2.03 bits per heavy atom. The smallest absolute Gasteiger partial charge is 0.240 e. The third kappa shape index (κ3) is 4.58. The minimum atomic E-state index is -0.148. The first-order valence-corrected chi connectivity index (χ1v) is 11.6. The van der Waals surface area contributed by atoms with E-state index in [0.29, 0.717) is 19.0 Å². The molecule has 0 radical (unpaired) electrons. The lowest BCUT2D eigenvalue weighted by Gasteiger charge is -2.43. The third-order valence-electron chi connectivity index (χ3n) is 6.86. The summed E-state index contributed by atoms with van der Waals surface area (Å²) in [4.78, 5) is 29.4. The van der Waals surface area contributed by atoms with Crippen molar-refractivity contribution in [1.82, 2.24) is 25.3 Å². The highest BCUT2D eigenvalue weighted by molar-refractivity contribution is 5.84. The van der Waals surface area contributed by atoms with E-state index >= 15 is 0 Å². The fourth-order valence-electron chi connectivity index (χ4n) is 5.17. The minimum absolute atomic E-state index is 0.0330. The van der Waals surface area contributed by atoms with Gasteiger partial charge in [0.05, 0.1) is 17.9 Å². The Hall–Kier alpha value is -2.67. The fourth-order valence-corrected chi connectivity index (χ4v) is 5.17. The maximum atomic E-state index is 13.5. The van der Waals surface area contributed by atoms with E-state index < -0.39 is 0 Å². The summed E-state index contributed by atoms with van der Waals surface area (Å²) in [5, 5.41) is 10.5. The molecule has 7 heteroatoms.